The summed E-state index contributed by atoms with van der Waals surface area (Å²) in [5.74, 6) is -0.968. The molecule has 6 nitrogen and oxygen atoms in total. The van der Waals surface area contributed by atoms with Crippen molar-refractivity contribution < 1.29 is 19.4 Å². The second-order valence-corrected chi connectivity index (χ2v) is 4.31. The van der Waals surface area contributed by atoms with Gasteiger partial charge < -0.3 is 14.6 Å². The van der Waals surface area contributed by atoms with Crippen molar-refractivity contribution >= 4 is 12.0 Å². The fraction of sp³-hybridized carbons (Fsp3) is 0.188. The van der Waals surface area contributed by atoms with Gasteiger partial charge in [-0.1, -0.05) is 30.3 Å². The van der Waals surface area contributed by atoms with Gasteiger partial charge in [0.15, 0.2) is 0 Å². The highest BCUT2D eigenvalue weighted by Crippen LogP contribution is 2.12. The lowest BCUT2D eigenvalue weighted by Crippen LogP contribution is -2.07. The maximum Gasteiger partial charge on any atom is 0.373 e. The number of hydrogen-bond donors (Lipinski definition) is 1. The number of aliphatic hydroxyl groups is 1. The smallest absolute Gasteiger partial charge is 0.373 e. The molecule has 22 heavy (non-hydrogen) atoms. The maximum atomic E-state index is 11.3. The Bertz CT molecular complexity index is 656. The third-order valence-corrected chi connectivity index (χ3v) is 2.66. The average Bonchev–Trinajstić information content (AvgIpc) is 2.54. The highest BCUT2D eigenvalue weighted by Gasteiger charge is 2.09. The maximum absolute atomic E-state index is 11.3. The first-order chi connectivity index (χ1) is 10.7. The van der Waals surface area contributed by atoms with E-state index in [0.29, 0.717) is 18.2 Å². The molecular weight excluding hydrogens is 284 g/mol. The highest BCUT2D eigenvalue weighted by molar-refractivity contribution is 5.90. The Morgan fingerprint density at radius 3 is 2.77 bits per heavy atom. The predicted octanol–water partition coefficient (Wildman–Crippen LogP) is 2.52. The molecule has 1 N–H and O–H groups in total. The van der Waals surface area contributed by atoms with Gasteiger partial charge in [-0.3, -0.25) is 0 Å². The molecule has 0 unspecified atom stereocenters. The SMILES string of the molecule is CCOC(=O)C(O)=Cc1cc(OCc2ccccc2)ncn1. The molecule has 0 aliphatic heterocycles. The molecule has 0 fully saturated rings. The van der Waals surface area contributed by atoms with Crippen LogP contribution in [0.25, 0.3) is 6.08 Å². The van der Waals surface area contributed by atoms with Crippen LogP contribution in [0.4, 0.5) is 0 Å². The Morgan fingerprint density at radius 2 is 2.05 bits per heavy atom. The number of hydrogen-bond acceptors (Lipinski definition) is 6. The molecule has 0 saturated heterocycles. The van der Waals surface area contributed by atoms with Crippen molar-refractivity contribution in [1.29, 1.82) is 0 Å². The van der Waals surface area contributed by atoms with Gasteiger partial charge in [0.2, 0.25) is 11.6 Å². The number of carbonyl (C=O) groups excluding carboxylic acids is 1. The summed E-state index contributed by atoms with van der Waals surface area (Å²) in [4.78, 5) is 19.3. The van der Waals surface area contributed by atoms with Gasteiger partial charge in [-0.2, -0.15) is 0 Å². The summed E-state index contributed by atoms with van der Waals surface area (Å²) < 4.78 is 10.2. The fourth-order valence-electron chi connectivity index (χ4n) is 1.65. The zero-order chi connectivity index (χ0) is 15.8. The monoisotopic (exact) mass is 300 g/mol. The van der Waals surface area contributed by atoms with Crippen molar-refractivity contribution in [1.82, 2.24) is 9.97 Å². The van der Waals surface area contributed by atoms with E-state index in [-0.39, 0.29) is 6.61 Å². The van der Waals surface area contributed by atoms with Gasteiger partial charge in [-0.25, -0.2) is 14.8 Å². The first kappa shape index (κ1) is 15.5. The Balaban J connectivity index is 2.03. The minimum atomic E-state index is -0.798. The molecular formula is C16H16N2O4. The van der Waals surface area contributed by atoms with Gasteiger partial charge in [-0.05, 0) is 12.5 Å². The molecule has 0 radical (unpaired) electrons. The number of rotatable bonds is 6. The summed E-state index contributed by atoms with van der Waals surface area (Å²) in [5.41, 5.74) is 1.36. The molecule has 2 aromatic rings. The summed E-state index contributed by atoms with van der Waals surface area (Å²) in [6.45, 7) is 2.21. The van der Waals surface area contributed by atoms with Crippen molar-refractivity contribution in [3.05, 3.63) is 59.7 Å². The minimum absolute atomic E-state index is 0.186. The molecule has 0 bridgehead atoms. The van der Waals surface area contributed by atoms with Crippen molar-refractivity contribution in [2.75, 3.05) is 6.61 Å². The lowest BCUT2D eigenvalue weighted by atomic mass is 10.2. The van der Waals surface area contributed by atoms with Gasteiger partial charge in [-0.15, -0.1) is 0 Å². The van der Waals surface area contributed by atoms with E-state index in [1.807, 2.05) is 30.3 Å². The average molecular weight is 300 g/mol. The van der Waals surface area contributed by atoms with Crippen LogP contribution in [0.1, 0.15) is 18.2 Å². The van der Waals surface area contributed by atoms with Crippen LogP contribution in [0.3, 0.4) is 0 Å². The third-order valence-electron chi connectivity index (χ3n) is 2.66. The molecule has 114 valence electrons. The van der Waals surface area contributed by atoms with Crippen molar-refractivity contribution in [3.8, 4) is 5.88 Å². The van der Waals surface area contributed by atoms with Crippen LogP contribution >= 0.6 is 0 Å². The Morgan fingerprint density at radius 1 is 1.27 bits per heavy atom. The molecule has 0 atom stereocenters. The molecule has 6 heteroatoms. The van der Waals surface area contributed by atoms with Gasteiger partial charge >= 0.3 is 5.97 Å². The topological polar surface area (TPSA) is 81.5 Å². The number of nitrogens with zero attached hydrogens (tertiary/aromatic N) is 2. The fourth-order valence-corrected chi connectivity index (χ4v) is 1.65. The summed E-state index contributed by atoms with van der Waals surface area (Å²) in [7, 11) is 0. The Hall–Kier alpha value is -2.89. The summed E-state index contributed by atoms with van der Waals surface area (Å²) >= 11 is 0. The first-order valence-electron chi connectivity index (χ1n) is 6.75. The standard InChI is InChI=1S/C16H16N2O4/c1-2-21-16(20)14(19)8-13-9-15(18-11-17-13)22-10-12-6-4-3-5-7-12/h3-9,11,19H,2,10H2,1H3. The van der Waals surface area contributed by atoms with E-state index in [9.17, 15) is 9.90 Å². The number of esters is 1. The van der Waals surface area contributed by atoms with Crippen LogP contribution in [0, 0.1) is 0 Å². The van der Waals surface area contributed by atoms with E-state index in [0.717, 1.165) is 5.56 Å². The number of carbonyl (C=O) groups is 1. The Labute approximate surface area is 128 Å². The lowest BCUT2D eigenvalue weighted by molar-refractivity contribution is -0.141. The van der Waals surface area contributed by atoms with Crippen molar-refractivity contribution in [2.45, 2.75) is 13.5 Å². The normalized spacial score (nSPS) is 11.0. The van der Waals surface area contributed by atoms with E-state index in [1.165, 1.54) is 18.5 Å². The van der Waals surface area contributed by atoms with Crippen LogP contribution in [-0.4, -0.2) is 27.7 Å². The molecule has 0 aliphatic rings. The summed E-state index contributed by atoms with van der Waals surface area (Å²) in [5, 5.41) is 9.59. The second kappa shape index (κ2) is 7.78. The van der Waals surface area contributed by atoms with E-state index < -0.39 is 11.7 Å². The highest BCUT2D eigenvalue weighted by atomic mass is 16.5. The lowest BCUT2D eigenvalue weighted by Gasteiger charge is -2.05. The van der Waals surface area contributed by atoms with E-state index in [2.05, 4.69) is 14.7 Å². The molecule has 1 aromatic carbocycles. The third kappa shape index (κ3) is 4.59. The van der Waals surface area contributed by atoms with Crippen LogP contribution in [0.15, 0.2) is 48.5 Å². The molecule has 0 amide bonds. The van der Waals surface area contributed by atoms with Crippen LogP contribution in [-0.2, 0) is 16.1 Å². The number of benzene rings is 1. The largest absolute Gasteiger partial charge is 0.502 e. The minimum Gasteiger partial charge on any atom is -0.502 e. The number of ether oxygens (including phenoxy) is 2. The van der Waals surface area contributed by atoms with Crippen molar-refractivity contribution in [3.63, 3.8) is 0 Å². The quantitative estimate of drug-likeness (QED) is 0.501. The summed E-state index contributed by atoms with van der Waals surface area (Å²) in [6, 6.07) is 11.2. The molecule has 0 aliphatic carbocycles. The zero-order valence-corrected chi connectivity index (χ0v) is 12.1. The van der Waals surface area contributed by atoms with Gasteiger partial charge in [0, 0.05) is 12.1 Å². The first-order valence-corrected chi connectivity index (χ1v) is 6.75. The molecule has 1 aromatic heterocycles. The number of aliphatic hydroxyl groups excluding tert-OH is 1. The van der Waals surface area contributed by atoms with Crippen LogP contribution < -0.4 is 4.74 Å². The van der Waals surface area contributed by atoms with E-state index in [1.54, 1.807) is 6.92 Å². The van der Waals surface area contributed by atoms with Crippen LogP contribution in [0.5, 0.6) is 5.88 Å². The Kier molecular flexibility index (Phi) is 5.48. The molecule has 2 rings (SSSR count). The molecule has 0 saturated carbocycles. The predicted molar refractivity (Wildman–Crippen MR) is 80.0 cm³/mol. The molecule has 0 spiro atoms. The van der Waals surface area contributed by atoms with E-state index >= 15 is 0 Å². The van der Waals surface area contributed by atoms with Gasteiger partial charge in [0.25, 0.3) is 0 Å². The van der Waals surface area contributed by atoms with Gasteiger partial charge in [0.1, 0.15) is 12.9 Å². The van der Waals surface area contributed by atoms with Crippen LogP contribution in [0.2, 0.25) is 0 Å². The second-order valence-electron chi connectivity index (χ2n) is 4.31. The zero-order valence-electron chi connectivity index (χ0n) is 12.1. The van der Waals surface area contributed by atoms with E-state index in [4.69, 9.17) is 4.74 Å². The molecule has 1 heterocycles. The van der Waals surface area contributed by atoms with Gasteiger partial charge in [0.05, 0.1) is 12.3 Å². The summed E-state index contributed by atoms with van der Waals surface area (Å²) in [6.07, 6.45) is 2.50. The number of aromatic nitrogens is 2. The van der Waals surface area contributed by atoms with Crippen molar-refractivity contribution in [2.24, 2.45) is 0 Å².